The summed E-state index contributed by atoms with van der Waals surface area (Å²) >= 11 is 0. The molecule has 0 bridgehead atoms. The van der Waals surface area contributed by atoms with Crippen LogP contribution in [0.25, 0.3) is 0 Å². The summed E-state index contributed by atoms with van der Waals surface area (Å²) in [5.74, 6) is -1.82. The van der Waals surface area contributed by atoms with Gasteiger partial charge in [0.2, 0.25) is 5.91 Å². The van der Waals surface area contributed by atoms with Crippen molar-refractivity contribution in [3.05, 3.63) is 108 Å². The standard InChI is InChI=1S/C31H36N3O6P/c1-23(30(36)34-19-11-18-28(34)31(37)38)33-41(39,40-21-25-14-7-3-8-15-25)22-27(20-24-12-5-2-6-13-24)32-29(35)26-16-9-4-10-17-26/h2-10,12-17,23,27-28H,11,18-22H2,1H3,(H,32,35)(H,33,39)(H,37,38)/t23-,27?,28-,41?/m0/s1. The first-order chi connectivity index (χ1) is 19.7. The molecule has 41 heavy (non-hydrogen) atoms. The number of nitrogens with zero attached hydrogens (tertiary/aromatic N) is 1. The van der Waals surface area contributed by atoms with Gasteiger partial charge >= 0.3 is 5.97 Å². The van der Waals surface area contributed by atoms with Crippen LogP contribution in [0.1, 0.15) is 41.3 Å². The van der Waals surface area contributed by atoms with Crippen molar-refractivity contribution in [2.45, 2.75) is 50.9 Å². The Morgan fingerprint density at radius 1 is 0.951 bits per heavy atom. The quantitative estimate of drug-likeness (QED) is 0.256. The molecule has 0 saturated carbocycles. The molecule has 3 N–H and O–H groups in total. The lowest BCUT2D eigenvalue weighted by atomic mass is 10.1. The Bertz CT molecular complexity index is 1360. The second kappa shape index (κ2) is 14.2. The van der Waals surface area contributed by atoms with Crippen molar-refractivity contribution in [1.29, 1.82) is 0 Å². The van der Waals surface area contributed by atoms with E-state index in [1.165, 1.54) is 4.90 Å². The normalized spacial score (nSPS) is 17.8. The summed E-state index contributed by atoms with van der Waals surface area (Å²) in [6.45, 7) is 1.91. The van der Waals surface area contributed by atoms with Crippen LogP contribution >= 0.6 is 7.52 Å². The first-order valence-corrected chi connectivity index (χ1v) is 15.5. The smallest absolute Gasteiger partial charge is 0.326 e. The van der Waals surface area contributed by atoms with E-state index in [-0.39, 0.29) is 18.7 Å². The van der Waals surface area contributed by atoms with Gasteiger partial charge in [0.1, 0.15) is 6.04 Å². The van der Waals surface area contributed by atoms with Crippen molar-refractivity contribution in [1.82, 2.24) is 15.3 Å². The molecule has 2 amide bonds. The molecule has 1 aliphatic rings. The molecule has 2 unspecified atom stereocenters. The minimum atomic E-state index is -3.78. The van der Waals surface area contributed by atoms with E-state index in [1.54, 1.807) is 31.2 Å². The predicted octanol–water partition coefficient (Wildman–Crippen LogP) is 4.49. The minimum absolute atomic E-state index is 0.0260. The molecule has 1 aliphatic heterocycles. The average molecular weight is 578 g/mol. The van der Waals surface area contributed by atoms with Crippen LogP contribution in [0.2, 0.25) is 0 Å². The molecular formula is C31H36N3O6P. The van der Waals surface area contributed by atoms with Crippen LogP contribution in [0, 0.1) is 0 Å². The van der Waals surface area contributed by atoms with E-state index in [1.807, 2.05) is 66.7 Å². The van der Waals surface area contributed by atoms with Gasteiger partial charge in [0.25, 0.3) is 13.4 Å². The van der Waals surface area contributed by atoms with Crippen LogP contribution in [0.3, 0.4) is 0 Å². The number of benzene rings is 3. The number of nitrogens with one attached hydrogen (secondary N) is 2. The maximum Gasteiger partial charge on any atom is 0.326 e. The highest BCUT2D eigenvalue weighted by molar-refractivity contribution is 7.57. The summed E-state index contributed by atoms with van der Waals surface area (Å²) in [5, 5.41) is 15.5. The van der Waals surface area contributed by atoms with Crippen LogP contribution < -0.4 is 10.4 Å². The molecule has 3 aromatic rings. The van der Waals surface area contributed by atoms with Crippen molar-refractivity contribution in [3.8, 4) is 0 Å². The molecule has 1 fully saturated rings. The second-order valence-corrected chi connectivity index (χ2v) is 12.4. The summed E-state index contributed by atoms with van der Waals surface area (Å²) < 4.78 is 20.5. The molecule has 4 rings (SSSR count). The SMILES string of the molecule is C[C@H](NP(=O)(CC(Cc1ccccc1)NC(=O)c1ccccc1)OCc1ccccc1)C(=O)N1CCC[C@H]1C(=O)O. The zero-order valence-electron chi connectivity index (χ0n) is 23.0. The zero-order valence-corrected chi connectivity index (χ0v) is 23.9. The number of carboxylic acids is 1. The Hall–Kier alpha value is -3.78. The van der Waals surface area contributed by atoms with E-state index >= 15 is 0 Å². The largest absolute Gasteiger partial charge is 0.480 e. The Morgan fingerprint density at radius 3 is 2.15 bits per heavy atom. The van der Waals surface area contributed by atoms with Crippen molar-refractivity contribution in [3.63, 3.8) is 0 Å². The van der Waals surface area contributed by atoms with E-state index in [4.69, 9.17) is 4.52 Å². The molecule has 216 valence electrons. The average Bonchev–Trinajstić information content (AvgIpc) is 3.48. The topological polar surface area (TPSA) is 125 Å². The summed E-state index contributed by atoms with van der Waals surface area (Å²) in [6, 6.07) is 25.1. The highest BCUT2D eigenvalue weighted by Gasteiger charge is 2.39. The first-order valence-electron chi connectivity index (χ1n) is 13.7. The molecule has 9 nitrogen and oxygen atoms in total. The van der Waals surface area contributed by atoms with Crippen molar-refractivity contribution in [2.75, 3.05) is 12.7 Å². The third-order valence-corrected chi connectivity index (χ3v) is 9.27. The van der Waals surface area contributed by atoms with Crippen LogP contribution in [0.5, 0.6) is 0 Å². The van der Waals surface area contributed by atoms with E-state index in [9.17, 15) is 24.1 Å². The van der Waals surface area contributed by atoms with Gasteiger partial charge in [-0.05, 0) is 49.4 Å². The Morgan fingerprint density at radius 2 is 1.54 bits per heavy atom. The van der Waals surface area contributed by atoms with Crippen LogP contribution in [-0.4, -0.2) is 58.6 Å². The first kappa shape index (κ1) is 30.2. The Labute approximate surface area is 240 Å². The van der Waals surface area contributed by atoms with E-state index < -0.39 is 37.5 Å². The molecule has 0 spiro atoms. The fourth-order valence-corrected chi connectivity index (χ4v) is 7.13. The monoisotopic (exact) mass is 577 g/mol. The second-order valence-electron chi connectivity index (χ2n) is 10.2. The molecule has 10 heteroatoms. The van der Waals surface area contributed by atoms with Gasteiger partial charge < -0.3 is 19.8 Å². The van der Waals surface area contributed by atoms with Crippen molar-refractivity contribution < 1.29 is 28.6 Å². The van der Waals surface area contributed by atoms with Gasteiger partial charge in [-0.3, -0.25) is 14.2 Å². The van der Waals surface area contributed by atoms with Crippen molar-refractivity contribution in [2.24, 2.45) is 0 Å². The number of hydrogen-bond acceptors (Lipinski definition) is 5. The minimum Gasteiger partial charge on any atom is -0.480 e. The number of likely N-dealkylation sites (tertiary alicyclic amines) is 1. The lowest BCUT2D eigenvalue weighted by Crippen LogP contribution is -2.49. The lowest BCUT2D eigenvalue weighted by molar-refractivity contribution is -0.148. The maximum absolute atomic E-state index is 14.5. The Balaban J connectivity index is 1.58. The zero-order chi connectivity index (χ0) is 29.2. The fourth-order valence-electron chi connectivity index (χ4n) is 4.99. The summed E-state index contributed by atoms with van der Waals surface area (Å²) in [6.07, 6.45) is 1.26. The fraction of sp³-hybridized carbons (Fsp3) is 0.323. The molecular weight excluding hydrogens is 541 g/mol. The highest BCUT2D eigenvalue weighted by atomic mass is 31.2. The molecule has 4 atom stereocenters. The highest BCUT2D eigenvalue weighted by Crippen LogP contribution is 2.45. The van der Waals surface area contributed by atoms with Gasteiger partial charge in [0.05, 0.1) is 18.8 Å². The number of hydrogen-bond donors (Lipinski definition) is 3. The van der Waals surface area contributed by atoms with Gasteiger partial charge in [0.15, 0.2) is 0 Å². The lowest BCUT2D eigenvalue weighted by Gasteiger charge is -2.30. The number of rotatable bonds is 13. The number of aliphatic carboxylic acids is 1. The van der Waals surface area contributed by atoms with Crippen LogP contribution in [-0.2, 0) is 31.7 Å². The predicted molar refractivity (Wildman–Crippen MR) is 157 cm³/mol. The molecule has 0 aliphatic carbocycles. The van der Waals surface area contributed by atoms with Crippen LogP contribution in [0.4, 0.5) is 0 Å². The summed E-state index contributed by atoms with van der Waals surface area (Å²) in [5.41, 5.74) is 2.20. The van der Waals surface area contributed by atoms with E-state index in [0.717, 1.165) is 11.1 Å². The van der Waals surface area contributed by atoms with E-state index in [0.29, 0.717) is 31.4 Å². The molecule has 0 radical (unpaired) electrons. The number of amides is 2. The number of carbonyl (C=O) groups excluding carboxylic acids is 2. The van der Waals surface area contributed by atoms with Gasteiger partial charge in [0, 0.05) is 18.2 Å². The molecule has 0 aromatic heterocycles. The van der Waals surface area contributed by atoms with Crippen molar-refractivity contribution >= 4 is 25.3 Å². The number of carbonyl (C=O) groups is 3. The van der Waals surface area contributed by atoms with Crippen LogP contribution in [0.15, 0.2) is 91.0 Å². The van der Waals surface area contributed by atoms with Gasteiger partial charge in [-0.15, -0.1) is 0 Å². The molecule has 1 saturated heterocycles. The van der Waals surface area contributed by atoms with E-state index in [2.05, 4.69) is 10.4 Å². The summed E-state index contributed by atoms with van der Waals surface area (Å²) in [4.78, 5) is 39.4. The van der Waals surface area contributed by atoms with Gasteiger partial charge in [-0.1, -0.05) is 78.9 Å². The Kier molecular flexibility index (Phi) is 10.5. The third-order valence-electron chi connectivity index (χ3n) is 7.02. The molecule has 3 aromatic carbocycles. The van der Waals surface area contributed by atoms with Gasteiger partial charge in [-0.25, -0.2) is 9.88 Å². The third kappa shape index (κ3) is 8.60. The summed E-state index contributed by atoms with van der Waals surface area (Å²) in [7, 11) is -3.78. The maximum atomic E-state index is 14.5. The number of carboxylic acid groups (broad SMARTS) is 1. The van der Waals surface area contributed by atoms with Gasteiger partial charge in [-0.2, -0.15) is 0 Å². The molecule has 1 heterocycles.